The van der Waals surface area contributed by atoms with Crippen molar-refractivity contribution < 1.29 is 11.3 Å². The Hall–Kier alpha value is -2.95. The highest BCUT2D eigenvalue weighted by atomic mass is 16.3. The van der Waals surface area contributed by atoms with Gasteiger partial charge in [-0.3, -0.25) is 9.78 Å². The molecule has 5 nitrogen and oxygen atoms in total. The minimum atomic E-state index is -0.260. The van der Waals surface area contributed by atoms with Gasteiger partial charge in [-0.25, -0.2) is 4.98 Å². The molecule has 0 spiro atoms. The van der Waals surface area contributed by atoms with Gasteiger partial charge >= 0.3 is 0 Å². The monoisotopic (exact) mass is 281 g/mol. The molecule has 0 aliphatic carbocycles. The van der Waals surface area contributed by atoms with Crippen molar-refractivity contribution in [3.05, 3.63) is 66.0 Å². The van der Waals surface area contributed by atoms with Gasteiger partial charge in [-0.05, 0) is 42.0 Å². The number of aromatic nitrogens is 2. The average molecular weight is 281 g/mol. The zero-order chi connectivity index (χ0) is 14.7. The van der Waals surface area contributed by atoms with E-state index in [1.165, 1.54) is 0 Å². The molecule has 2 heterocycles. The maximum Gasteiger partial charge on any atom is 0.270 e. The van der Waals surface area contributed by atoms with Crippen LogP contribution in [0.4, 0.5) is 0 Å². The summed E-state index contributed by atoms with van der Waals surface area (Å²) in [6.07, 6.45) is 1.69. The van der Waals surface area contributed by atoms with E-state index in [0.29, 0.717) is 17.8 Å². The van der Waals surface area contributed by atoms with Gasteiger partial charge in [0.15, 0.2) is 0 Å². The molecule has 0 fully saturated rings. The highest BCUT2D eigenvalue weighted by Gasteiger charge is 2.08. The van der Waals surface area contributed by atoms with Crippen LogP contribution in [0, 0.1) is 0 Å². The summed E-state index contributed by atoms with van der Waals surface area (Å²) in [7, 11) is 0. The van der Waals surface area contributed by atoms with Gasteiger partial charge in [0, 0.05) is 14.2 Å². The van der Waals surface area contributed by atoms with Crippen LogP contribution in [0.15, 0.2) is 54.7 Å². The second-order valence-corrected chi connectivity index (χ2v) is 4.59. The van der Waals surface area contributed by atoms with Crippen molar-refractivity contribution in [3.8, 4) is 5.75 Å². The van der Waals surface area contributed by atoms with Crippen LogP contribution in [0.2, 0.25) is 0 Å². The lowest BCUT2D eigenvalue weighted by Crippen LogP contribution is -2.23. The predicted octanol–water partition coefficient (Wildman–Crippen LogP) is 2.51. The van der Waals surface area contributed by atoms with Crippen LogP contribution < -0.4 is 5.32 Å². The Bertz CT molecular complexity index is 808. The molecule has 1 amide bonds. The fraction of sp³-hybridized carbons (Fsp3) is 0.0625. The van der Waals surface area contributed by atoms with Crippen LogP contribution in [-0.4, -0.2) is 21.0 Å². The number of phenols is 1. The van der Waals surface area contributed by atoms with E-state index in [1.807, 2.05) is 12.1 Å². The van der Waals surface area contributed by atoms with Gasteiger partial charge in [0.05, 0.1) is 11.0 Å². The molecule has 106 valence electrons. The fourth-order valence-corrected chi connectivity index (χ4v) is 2.02. The van der Waals surface area contributed by atoms with E-state index in [0.717, 1.165) is 11.1 Å². The Morgan fingerprint density at radius 2 is 2.05 bits per heavy atom. The van der Waals surface area contributed by atoms with Crippen molar-refractivity contribution in [2.24, 2.45) is 0 Å². The third-order valence-corrected chi connectivity index (χ3v) is 3.05. The van der Waals surface area contributed by atoms with Gasteiger partial charge in [-0.15, -0.1) is 0 Å². The molecule has 0 unspecified atom stereocenters. The Labute approximate surface area is 122 Å². The molecule has 0 saturated carbocycles. The molecule has 0 aliphatic rings. The Morgan fingerprint density at radius 3 is 2.90 bits per heavy atom. The van der Waals surface area contributed by atoms with Crippen LogP contribution in [0.3, 0.4) is 0 Å². The summed E-state index contributed by atoms with van der Waals surface area (Å²) in [6.45, 7) is 0.333. The number of nitrogens with zero attached hydrogens (tertiary/aromatic N) is 2. The number of benzene rings is 1. The first-order chi connectivity index (χ1) is 10.2. The molecule has 2 N–H and O–H groups in total. The van der Waals surface area contributed by atoms with Crippen molar-refractivity contribution >= 4 is 16.9 Å². The molecule has 0 bridgehead atoms. The zero-order valence-electron chi connectivity index (χ0n) is 11.2. The summed E-state index contributed by atoms with van der Waals surface area (Å²) in [4.78, 5) is 20.5. The van der Waals surface area contributed by atoms with Crippen molar-refractivity contribution in [2.75, 3.05) is 0 Å². The summed E-state index contributed by atoms with van der Waals surface area (Å²) in [6, 6.07) is 13.8. The van der Waals surface area contributed by atoms with E-state index < -0.39 is 0 Å². The summed E-state index contributed by atoms with van der Waals surface area (Å²) < 4.78 is 0. The first-order valence-electron chi connectivity index (χ1n) is 6.50. The summed E-state index contributed by atoms with van der Waals surface area (Å²) in [5, 5.41) is 12.2. The maximum atomic E-state index is 12.1. The largest absolute Gasteiger partial charge is 0.508 e. The van der Waals surface area contributed by atoms with E-state index in [1.54, 1.807) is 42.6 Å². The first-order valence-corrected chi connectivity index (χ1v) is 6.50. The molecular weight excluding hydrogens is 266 g/mol. The average Bonchev–Trinajstić information content (AvgIpc) is 2.52. The molecule has 3 aromatic rings. The molecule has 0 saturated heterocycles. The van der Waals surface area contributed by atoms with Crippen molar-refractivity contribution in [3.63, 3.8) is 0 Å². The number of nitrogens with one attached hydrogen (secondary N) is 1. The second-order valence-electron chi connectivity index (χ2n) is 4.59. The molecule has 0 radical (unpaired) electrons. The topological polar surface area (TPSA) is 75.1 Å². The van der Waals surface area contributed by atoms with Gasteiger partial charge in [0.1, 0.15) is 11.4 Å². The number of carbonyl (C=O) groups is 1. The quantitative estimate of drug-likeness (QED) is 0.773. The minimum absolute atomic E-state index is 0. The van der Waals surface area contributed by atoms with Crippen molar-refractivity contribution in [2.45, 2.75) is 6.54 Å². The molecule has 3 rings (SSSR count). The van der Waals surface area contributed by atoms with Crippen LogP contribution >= 0.6 is 0 Å². The minimum Gasteiger partial charge on any atom is -0.508 e. The first kappa shape index (κ1) is 13.1. The highest BCUT2D eigenvalue weighted by Crippen LogP contribution is 2.11. The van der Waals surface area contributed by atoms with E-state index in [-0.39, 0.29) is 13.1 Å². The Kier molecular flexibility index (Phi) is 3.47. The van der Waals surface area contributed by atoms with Crippen LogP contribution in [0.25, 0.3) is 11.0 Å². The standard InChI is InChI=1S/C16H13N3O2.H2/c20-12-4-1-3-11(9-12)10-18-16(21)15-7-6-13-14(19-15)5-2-8-17-13;/h1-9,20H,10H2,(H,18,21);1H. The molecular formula is C16H15N3O2. The summed E-state index contributed by atoms with van der Waals surface area (Å²) in [5.41, 5.74) is 2.60. The van der Waals surface area contributed by atoms with E-state index in [9.17, 15) is 9.90 Å². The number of amides is 1. The third kappa shape index (κ3) is 2.97. The molecule has 2 aromatic heterocycles. The number of phenolic OH excluding ortho intramolecular Hbond substituents is 1. The van der Waals surface area contributed by atoms with Crippen molar-refractivity contribution in [1.82, 2.24) is 15.3 Å². The number of hydrogen-bond acceptors (Lipinski definition) is 4. The number of hydrogen-bond donors (Lipinski definition) is 2. The number of rotatable bonds is 3. The van der Waals surface area contributed by atoms with Gasteiger partial charge < -0.3 is 10.4 Å². The lowest BCUT2D eigenvalue weighted by atomic mass is 10.2. The summed E-state index contributed by atoms with van der Waals surface area (Å²) >= 11 is 0. The van der Waals surface area contributed by atoms with Gasteiger partial charge in [-0.2, -0.15) is 0 Å². The van der Waals surface area contributed by atoms with Crippen LogP contribution in [-0.2, 0) is 6.54 Å². The number of carbonyl (C=O) groups excluding carboxylic acids is 1. The third-order valence-electron chi connectivity index (χ3n) is 3.05. The lowest BCUT2D eigenvalue weighted by molar-refractivity contribution is 0.0946. The molecule has 21 heavy (non-hydrogen) atoms. The fourth-order valence-electron chi connectivity index (χ4n) is 2.02. The highest BCUT2D eigenvalue weighted by molar-refractivity contribution is 5.94. The Balaban J connectivity index is 0.00000176. The van der Waals surface area contributed by atoms with E-state index in [2.05, 4.69) is 15.3 Å². The van der Waals surface area contributed by atoms with Gasteiger partial charge in [-0.1, -0.05) is 12.1 Å². The normalized spacial score (nSPS) is 10.5. The van der Waals surface area contributed by atoms with Crippen LogP contribution in [0.5, 0.6) is 5.75 Å². The molecule has 0 atom stereocenters. The number of fused-ring (bicyclic) bond motifs is 1. The molecule has 0 aliphatic heterocycles. The van der Waals surface area contributed by atoms with Gasteiger partial charge in [0.2, 0.25) is 0 Å². The predicted molar refractivity (Wildman–Crippen MR) is 80.9 cm³/mol. The summed E-state index contributed by atoms with van der Waals surface area (Å²) in [5.74, 6) is -0.0826. The van der Waals surface area contributed by atoms with E-state index in [4.69, 9.17) is 0 Å². The second kappa shape index (κ2) is 5.58. The number of pyridine rings is 2. The maximum absolute atomic E-state index is 12.1. The SMILES string of the molecule is O=C(NCc1cccc(O)c1)c1ccc2ncccc2n1.[HH]. The smallest absolute Gasteiger partial charge is 0.270 e. The zero-order valence-corrected chi connectivity index (χ0v) is 11.2. The molecule has 1 aromatic carbocycles. The number of aromatic hydroxyl groups is 1. The van der Waals surface area contributed by atoms with Gasteiger partial charge in [0.25, 0.3) is 5.91 Å². The van der Waals surface area contributed by atoms with Crippen molar-refractivity contribution in [1.29, 1.82) is 0 Å². The van der Waals surface area contributed by atoms with Crippen LogP contribution in [0.1, 0.15) is 17.5 Å². The molecule has 5 heteroatoms. The Morgan fingerprint density at radius 1 is 1.14 bits per heavy atom. The lowest BCUT2D eigenvalue weighted by Gasteiger charge is -2.06. The van der Waals surface area contributed by atoms with E-state index >= 15 is 0 Å².